The molecule has 2 aromatic heterocycles. The summed E-state index contributed by atoms with van der Waals surface area (Å²) in [5.74, 6) is -0.757. The number of nitrogens with zero attached hydrogens (tertiary/aromatic N) is 1. The quantitative estimate of drug-likeness (QED) is 0.439. The van der Waals surface area contributed by atoms with Gasteiger partial charge in [0.25, 0.3) is 5.91 Å². The number of aromatic nitrogens is 2. The number of nitrogens with one attached hydrogen (secondary N) is 3. The fourth-order valence-corrected chi connectivity index (χ4v) is 3.29. The lowest BCUT2D eigenvalue weighted by molar-refractivity contribution is -0.133. The van der Waals surface area contributed by atoms with Gasteiger partial charge in [0.2, 0.25) is 5.91 Å². The standard InChI is InChI=1S/C20H20N4O3S/c1-2-7-14(21-20(27)18(25)13-8-4-3-5-9-13)19(26)22-17-12-15(23-24-17)16-10-6-11-28-16/h2-6,8-12,14,18,25H,1,7H2,(H,21,27)(H2,22,23,24,26). The van der Waals surface area contributed by atoms with Gasteiger partial charge < -0.3 is 15.7 Å². The van der Waals surface area contributed by atoms with Crippen molar-refractivity contribution in [2.75, 3.05) is 5.32 Å². The highest BCUT2D eigenvalue weighted by Gasteiger charge is 2.25. The van der Waals surface area contributed by atoms with Crippen LogP contribution in [-0.2, 0) is 9.59 Å². The summed E-state index contributed by atoms with van der Waals surface area (Å²) in [6.45, 7) is 3.62. The van der Waals surface area contributed by atoms with E-state index in [9.17, 15) is 14.7 Å². The fourth-order valence-electron chi connectivity index (χ4n) is 2.59. The second-order valence-corrected chi connectivity index (χ2v) is 6.98. The number of carbonyl (C=O) groups excluding carboxylic acids is 2. The maximum absolute atomic E-state index is 12.6. The van der Waals surface area contributed by atoms with Crippen molar-refractivity contribution in [1.82, 2.24) is 15.5 Å². The number of H-pyrrole nitrogens is 1. The van der Waals surface area contributed by atoms with E-state index in [1.54, 1.807) is 47.7 Å². The zero-order valence-electron chi connectivity index (χ0n) is 15.0. The number of carbonyl (C=O) groups is 2. The van der Waals surface area contributed by atoms with Crippen LogP contribution in [0.2, 0.25) is 0 Å². The molecule has 0 fully saturated rings. The van der Waals surface area contributed by atoms with Crippen LogP contribution >= 0.6 is 11.3 Å². The van der Waals surface area contributed by atoms with Crippen molar-refractivity contribution in [1.29, 1.82) is 0 Å². The van der Waals surface area contributed by atoms with E-state index in [0.717, 1.165) is 10.6 Å². The second kappa shape index (κ2) is 9.12. The molecule has 2 atom stereocenters. The van der Waals surface area contributed by atoms with Crippen LogP contribution in [0.5, 0.6) is 0 Å². The van der Waals surface area contributed by atoms with E-state index in [0.29, 0.717) is 11.4 Å². The van der Waals surface area contributed by atoms with Crippen LogP contribution in [0.25, 0.3) is 10.6 Å². The third kappa shape index (κ3) is 4.73. The Bertz CT molecular complexity index is 938. The molecule has 8 heteroatoms. The molecule has 0 bridgehead atoms. The molecule has 0 aliphatic rings. The molecular weight excluding hydrogens is 376 g/mol. The summed E-state index contributed by atoms with van der Waals surface area (Å²) in [7, 11) is 0. The van der Waals surface area contributed by atoms with Crippen molar-refractivity contribution >= 4 is 29.0 Å². The van der Waals surface area contributed by atoms with E-state index in [1.807, 2.05) is 17.5 Å². The Morgan fingerprint density at radius 3 is 2.68 bits per heavy atom. The number of anilines is 1. The van der Waals surface area contributed by atoms with Crippen molar-refractivity contribution in [3.05, 3.63) is 72.1 Å². The van der Waals surface area contributed by atoms with E-state index in [2.05, 4.69) is 27.4 Å². The molecule has 4 N–H and O–H groups in total. The van der Waals surface area contributed by atoms with Gasteiger partial charge in [-0.25, -0.2) is 0 Å². The van der Waals surface area contributed by atoms with Gasteiger partial charge in [0.1, 0.15) is 6.04 Å². The maximum Gasteiger partial charge on any atom is 0.254 e. The van der Waals surface area contributed by atoms with Crippen LogP contribution in [0.4, 0.5) is 5.82 Å². The molecule has 1 aromatic carbocycles. The average Bonchev–Trinajstić information content (AvgIpc) is 3.39. The Balaban J connectivity index is 1.65. The van der Waals surface area contributed by atoms with Gasteiger partial charge in [-0.1, -0.05) is 42.5 Å². The van der Waals surface area contributed by atoms with Gasteiger partial charge in [-0.2, -0.15) is 5.10 Å². The monoisotopic (exact) mass is 396 g/mol. The molecule has 28 heavy (non-hydrogen) atoms. The molecule has 0 aliphatic carbocycles. The van der Waals surface area contributed by atoms with Gasteiger partial charge in [0, 0.05) is 6.07 Å². The number of thiophene rings is 1. The van der Waals surface area contributed by atoms with Crippen molar-refractivity contribution < 1.29 is 14.7 Å². The minimum atomic E-state index is -1.36. The zero-order valence-corrected chi connectivity index (χ0v) is 15.8. The van der Waals surface area contributed by atoms with E-state index in [-0.39, 0.29) is 6.42 Å². The van der Waals surface area contributed by atoms with Crippen LogP contribution < -0.4 is 10.6 Å². The molecule has 0 radical (unpaired) electrons. The van der Waals surface area contributed by atoms with E-state index in [4.69, 9.17) is 0 Å². The molecule has 0 saturated carbocycles. The maximum atomic E-state index is 12.6. The number of amides is 2. The third-order valence-electron chi connectivity index (χ3n) is 4.01. The highest BCUT2D eigenvalue weighted by atomic mass is 32.1. The highest BCUT2D eigenvalue weighted by Crippen LogP contribution is 2.24. The number of hydrogen-bond donors (Lipinski definition) is 4. The Morgan fingerprint density at radius 2 is 2.00 bits per heavy atom. The van der Waals surface area contributed by atoms with Crippen LogP contribution in [0, 0.1) is 0 Å². The fraction of sp³-hybridized carbons (Fsp3) is 0.150. The molecule has 2 heterocycles. The molecular formula is C20H20N4O3S. The molecule has 2 amide bonds. The predicted octanol–water partition coefficient (Wildman–Crippen LogP) is 2.87. The van der Waals surface area contributed by atoms with Crippen LogP contribution in [0.15, 0.2) is 66.6 Å². The van der Waals surface area contributed by atoms with Gasteiger partial charge in [-0.15, -0.1) is 17.9 Å². The minimum Gasteiger partial charge on any atom is -0.378 e. The summed E-state index contributed by atoms with van der Waals surface area (Å²) in [5, 5.41) is 24.3. The highest BCUT2D eigenvalue weighted by molar-refractivity contribution is 7.13. The molecule has 7 nitrogen and oxygen atoms in total. The first kappa shape index (κ1) is 19.5. The SMILES string of the molecule is C=CCC(NC(=O)C(O)c1ccccc1)C(=O)Nc1cc(-c2cccs2)[nH]n1. The molecule has 0 saturated heterocycles. The van der Waals surface area contributed by atoms with Gasteiger partial charge >= 0.3 is 0 Å². The lowest BCUT2D eigenvalue weighted by Crippen LogP contribution is -2.45. The minimum absolute atomic E-state index is 0.210. The smallest absolute Gasteiger partial charge is 0.254 e. The Hall–Kier alpha value is -3.23. The van der Waals surface area contributed by atoms with E-state index < -0.39 is 24.0 Å². The number of aliphatic hydroxyl groups is 1. The summed E-state index contributed by atoms with van der Waals surface area (Å²) in [6, 6.07) is 13.2. The van der Waals surface area contributed by atoms with Gasteiger partial charge in [0.05, 0.1) is 10.6 Å². The van der Waals surface area contributed by atoms with Crippen molar-refractivity contribution in [3.8, 4) is 10.6 Å². The number of benzene rings is 1. The lowest BCUT2D eigenvalue weighted by atomic mass is 10.1. The first-order valence-electron chi connectivity index (χ1n) is 8.63. The number of hydrogen-bond acceptors (Lipinski definition) is 5. The van der Waals surface area contributed by atoms with Gasteiger partial charge in [-0.3, -0.25) is 14.7 Å². The Labute approximate surface area is 166 Å². The molecule has 144 valence electrons. The zero-order chi connectivity index (χ0) is 19.9. The summed E-state index contributed by atoms with van der Waals surface area (Å²) in [5.41, 5.74) is 1.24. The van der Waals surface area contributed by atoms with Gasteiger partial charge in [0.15, 0.2) is 11.9 Å². The van der Waals surface area contributed by atoms with Crippen LogP contribution in [0.1, 0.15) is 18.1 Å². The lowest BCUT2D eigenvalue weighted by Gasteiger charge is -2.18. The number of rotatable bonds is 8. The summed E-state index contributed by atoms with van der Waals surface area (Å²) >= 11 is 1.55. The number of aromatic amines is 1. The summed E-state index contributed by atoms with van der Waals surface area (Å²) in [4.78, 5) is 25.9. The van der Waals surface area contributed by atoms with Crippen molar-refractivity contribution in [2.24, 2.45) is 0 Å². The molecule has 3 rings (SSSR count). The van der Waals surface area contributed by atoms with Crippen molar-refractivity contribution in [2.45, 2.75) is 18.6 Å². The Kier molecular flexibility index (Phi) is 6.36. The normalized spacial score (nSPS) is 12.8. The average molecular weight is 396 g/mol. The predicted molar refractivity (Wildman–Crippen MR) is 109 cm³/mol. The topological polar surface area (TPSA) is 107 Å². The molecule has 3 aromatic rings. The first-order valence-corrected chi connectivity index (χ1v) is 9.51. The Morgan fingerprint density at radius 1 is 1.21 bits per heavy atom. The second-order valence-electron chi connectivity index (χ2n) is 6.03. The van der Waals surface area contributed by atoms with E-state index in [1.165, 1.54) is 6.08 Å². The van der Waals surface area contributed by atoms with Crippen LogP contribution in [0.3, 0.4) is 0 Å². The first-order chi connectivity index (χ1) is 13.6. The largest absolute Gasteiger partial charge is 0.378 e. The molecule has 0 aliphatic heterocycles. The summed E-state index contributed by atoms with van der Waals surface area (Å²) < 4.78 is 0. The van der Waals surface area contributed by atoms with Gasteiger partial charge in [-0.05, 0) is 23.4 Å². The molecule has 2 unspecified atom stereocenters. The summed E-state index contributed by atoms with van der Waals surface area (Å²) in [6.07, 6.45) is 0.375. The van der Waals surface area contributed by atoms with E-state index >= 15 is 0 Å². The molecule has 0 spiro atoms. The van der Waals surface area contributed by atoms with Crippen molar-refractivity contribution in [3.63, 3.8) is 0 Å². The number of aliphatic hydroxyl groups excluding tert-OH is 1. The van der Waals surface area contributed by atoms with Crippen LogP contribution in [-0.4, -0.2) is 33.2 Å². The third-order valence-corrected chi connectivity index (χ3v) is 4.92.